The Morgan fingerprint density at radius 1 is 1.15 bits per heavy atom. The molecule has 1 heterocycles. The molecule has 0 aliphatic rings. The molecule has 0 aliphatic carbocycles. The van der Waals surface area contributed by atoms with Crippen LogP contribution in [0.4, 0.5) is 5.69 Å². The van der Waals surface area contributed by atoms with Gasteiger partial charge in [0.05, 0.1) is 23.7 Å². The maximum Gasteiger partial charge on any atom is 0.250 e. The lowest BCUT2D eigenvalue weighted by molar-refractivity contribution is -0.111. The maximum absolute atomic E-state index is 12.3. The zero-order valence-electron chi connectivity index (χ0n) is 14.6. The number of aryl methyl sites for hydroxylation is 1. The molecule has 3 aromatic rings. The third-order valence-corrected chi connectivity index (χ3v) is 4.15. The van der Waals surface area contributed by atoms with Gasteiger partial charge < -0.3 is 15.6 Å². The molecule has 0 atom stereocenters. The van der Waals surface area contributed by atoms with Crippen molar-refractivity contribution < 1.29 is 9.59 Å². The summed E-state index contributed by atoms with van der Waals surface area (Å²) in [6.07, 6.45) is 5.46. The first-order valence-electron chi connectivity index (χ1n) is 8.43. The first-order valence-corrected chi connectivity index (χ1v) is 8.43. The molecule has 6 heteroatoms. The number of hydrogen-bond donors (Lipinski definition) is 2. The number of rotatable bonds is 6. The van der Waals surface area contributed by atoms with Crippen LogP contribution in [0.15, 0.2) is 60.8 Å². The molecular weight excluding hydrogens is 340 g/mol. The highest BCUT2D eigenvalue weighted by Gasteiger charge is 2.09. The van der Waals surface area contributed by atoms with E-state index in [1.807, 2.05) is 35.0 Å². The third-order valence-electron chi connectivity index (χ3n) is 4.15. The Labute approximate surface area is 156 Å². The summed E-state index contributed by atoms with van der Waals surface area (Å²) in [6, 6.07) is 16.5. The van der Waals surface area contributed by atoms with Gasteiger partial charge in [0.1, 0.15) is 0 Å². The molecule has 0 aliphatic heterocycles. The standard InChI is InChI=1S/C21H18N4O2/c22-12-5-13-25-14-15(16-6-2-4-9-19(16)25)10-11-20(26)24-18-8-3-1-7-17(18)21(23)27/h1-4,6-11,14H,5,13H2,(H2,23,27)(H,24,26)/b11-10+. The van der Waals surface area contributed by atoms with Crippen molar-refractivity contribution in [2.75, 3.05) is 5.32 Å². The summed E-state index contributed by atoms with van der Waals surface area (Å²) < 4.78 is 2.00. The average molecular weight is 358 g/mol. The fourth-order valence-electron chi connectivity index (χ4n) is 2.91. The quantitative estimate of drug-likeness (QED) is 0.661. The number of carbonyl (C=O) groups excluding carboxylic acids is 2. The Kier molecular flexibility index (Phi) is 5.33. The number of hydrogen-bond acceptors (Lipinski definition) is 3. The lowest BCUT2D eigenvalue weighted by Crippen LogP contribution is -2.16. The summed E-state index contributed by atoms with van der Waals surface area (Å²) in [5, 5.41) is 12.5. The summed E-state index contributed by atoms with van der Waals surface area (Å²) >= 11 is 0. The number of aromatic nitrogens is 1. The highest BCUT2D eigenvalue weighted by molar-refractivity contribution is 6.07. The Bertz CT molecular complexity index is 1070. The first-order chi connectivity index (χ1) is 13.1. The van der Waals surface area contributed by atoms with Crippen LogP contribution in [0, 0.1) is 11.3 Å². The van der Waals surface area contributed by atoms with E-state index < -0.39 is 5.91 Å². The number of carbonyl (C=O) groups is 2. The molecule has 0 spiro atoms. The van der Waals surface area contributed by atoms with Crippen molar-refractivity contribution in [1.29, 1.82) is 5.26 Å². The number of nitriles is 1. The van der Waals surface area contributed by atoms with Gasteiger partial charge in [0.15, 0.2) is 0 Å². The minimum absolute atomic E-state index is 0.257. The molecule has 0 fully saturated rings. The van der Waals surface area contributed by atoms with Crippen molar-refractivity contribution in [2.24, 2.45) is 5.73 Å². The summed E-state index contributed by atoms with van der Waals surface area (Å²) in [4.78, 5) is 23.7. The number of primary amides is 1. The zero-order valence-corrected chi connectivity index (χ0v) is 14.6. The molecule has 0 saturated heterocycles. The van der Waals surface area contributed by atoms with Crippen LogP contribution < -0.4 is 11.1 Å². The zero-order chi connectivity index (χ0) is 19.2. The molecule has 0 saturated carbocycles. The van der Waals surface area contributed by atoms with Crippen LogP contribution in [-0.4, -0.2) is 16.4 Å². The molecule has 2 aromatic carbocycles. The van der Waals surface area contributed by atoms with Crippen LogP contribution in [0.25, 0.3) is 17.0 Å². The van der Waals surface area contributed by atoms with Crippen LogP contribution in [-0.2, 0) is 11.3 Å². The van der Waals surface area contributed by atoms with Gasteiger partial charge in [-0.05, 0) is 24.3 Å². The second-order valence-electron chi connectivity index (χ2n) is 5.94. The van der Waals surface area contributed by atoms with Crippen LogP contribution >= 0.6 is 0 Å². The van der Waals surface area contributed by atoms with E-state index in [2.05, 4.69) is 11.4 Å². The summed E-state index contributed by atoms with van der Waals surface area (Å²) in [5.74, 6) is -0.965. The van der Waals surface area contributed by atoms with Crippen molar-refractivity contribution in [2.45, 2.75) is 13.0 Å². The lowest BCUT2D eigenvalue weighted by Gasteiger charge is -2.06. The number of fused-ring (bicyclic) bond motifs is 1. The van der Waals surface area contributed by atoms with Gasteiger partial charge >= 0.3 is 0 Å². The number of para-hydroxylation sites is 2. The van der Waals surface area contributed by atoms with Crippen molar-refractivity contribution >= 4 is 34.5 Å². The van der Waals surface area contributed by atoms with Gasteiger partial charge in [-0.25, -0.2) is 0 Å². The molecular formula is C21H18N4O2. The molecule has 0 radical (unpaired) electrons. The smallest absolute Gasteiger partial charge is 0.250 e. The van der Waals surface area contributed by atoms with E-state index in [9.17, 15) is 9.59 Å². The molecule has 1 aromatic heterocycles. The summed E-state index contributed by atoms with van der Waals surface area (Å²) in [6.45, 7) is 0.586. The predicted octanol–water partition coefficient (Wildman–Crippen LogP) is 3.31. The maximum atomic E-state index is 12.3. The van der Waals surface area contributed by atoms with Crippen LogP contribution in [0.2, 0.25) is 0 Å². The Hall–Kier alpha value is -3.85. The SMILES string of the molecule is N#CCCn1cc(/C=C/C(=O)Nc2ccccc2C(N)=O)c2ccccc21. The predicted molar refractivity (Wildman–Crippen MR) is 105 cm³/mol. The fraction of sp³-hybridized carbons (Fsp3) is 0.0952. The largest absolute Gasteiger partial charge is 0.366 e. The molecule has 3 rings (SSSR count). The van der Waals surface area contributed by atoms with Gasteiger partial charge in [0.25, 0.3) is 5.91 Å². The Morgan fingerprint density at radius 3 is 2.67 bits per heavy atom. The first kappa shape index (κ1) is 18.0. The molecule has 0 unspecified atom stereocenters. The van der Waals surface area contributed by atoms with E-state index in [4.69, 9.17) is 11.0 Å². The molecule has 6 nitrogen and oxygen atoms in total. The third kappa shape index (κ3) is 4.05. The number of nitrogens with one attached hydrogen (secondary N) is 1. The highest BCUT2D eigenvalue weighted by Crippen LogP contribution is 2.23. The van der Waals surface area contributed by atoms with Gasteiger partial charge in [-0.2, -0.15) is 5.26 Å². The number of anilines is 1. The van der Waals surface area contributed by atoms with Crippen molar-refractivity contribution in [3.05, 3.63) is 71.9 Å². The molecule has 3 N–H and O–H groups in total. The van der Waals surface area contributed by atoms with Crippen molar-refractivity contribution in [1.82, 2.24) is 4.57 Å². The number of nitrogens with two attached hydrogens (primary N) is 1. The lowest BCUT2D eigenvalue weighted by atomic mass is 10.1. The number of amides is 2. The van der Waals surface area contributed by atoms with E-state index in [0.29, 0.717) is 18.7 Å². The van der Waals surface area contributed by atoms with Crippen LogP contribution in [0.5, 0.6) is 0 Å². The summed E-state index contributed by atoms with van der Waals surface area (Å²) in [7, 11) is 0. The van der Waals surface area contributed by atoms with Crippen LogP contribution in [0.1, 0.15) is 22.3 Å². The minimum atomic E-state index is -0.601. The molecule has 2 amide bonds. The molecule has 27 heavy (non-hydrogen) atoms. The van der Waals surface area contributed by atoms with E-state index in [-0.39, 0.29) is 11.5 Å². The van der Waals surface area contributed by atoms with Gasteiger partial charge in [-0.1, -0.05) is 30.3 Å². The Morgan fingerprint density at radius 2 is 1.89 bits per heavy atom. The van der Waals surface area contributed by atoms with Crippen molar-refractivity contribution in [3.8, 4) is 6.07 Å². The van der Waals surface area contributed by atoms with Gasteiger partial charge in [-0.3, -0.25) is 9.59 Å². The normalized spacial score (nSPS) is 10.8. The van der Waals surface area contributed by atoms with Crippen molar-refractivity contribution in [3.63, 3.8) is 0 Å². The molecule has 0 bridgehead atoms. The van der Waals surface area contributed by atoms with E-state index >= 15 is 0 Å². The van der Waals surface area contributed by atoms with E-state index in [1.54, 1.807) is 30.3 Å². The van der Waals surface area contributed by atoms with Gasteiger partial charge in [-0.15, -0.1) is 0 Å². The van der Waals surface area contributed by atoms with Crippen LogP contribution in [0.3, 0.4) is 0 Å². The monoisotopic (exact) mass is 358 g/mol. The second-order valence-corrected chi connectivity index (χ2v) is 5.94. The minimum Gasteiger partial charge on any atom is -0.366 e. The fourth-order valence-corrected chi connectivity index (χ4v) is 2.91. The summed E-state index contributed by atoms with van der Waals surface area (Å²) in [5.41, 5.74) is 7.84. The Balaban J connectivity index is 1.83. The topological polar surface area (TPSA) is 101 Å². The van der Waals surface area contributed by atoms with E-state index in [0.717, 1.165) is 16.5 Å². The highest BCUT2D eigenvalue weighted by atomic mass is 16.2. The molecule has 134 valence electrons. The second kappa shape index (κ2) is 8.02. The van der Waals surface area contributed by atoms with Gasteiger partial charge in [0, 0.05) is 35.3 Å². The average Bonchev–Trinajstić information content (AvgIpc) is 3.03. The van der Waals surface area contributed by atoms with Gasteiger partial charge in [0.2, 0.25) is 5.91 Å². The number of nitrogens with zero attached hydrogens (tertiary/aromatic N) is 2. The van der Waals surface area contributed by atoms with E-state index in [1.165, 1.54) is 6.08 Å². The number of benzene rings is 2.